The summed E-state index contributed by atoms with van der Waals surface area (Å²) in [7, 11) is 1.29. The van der Waals surface area contributed by atoms with Crippen LogP contribution >= 0.6 is 7.82 Å². The van der Waals surface area contributed by atoms with E-state index in [1.165, 1.54) is 38.5 Å². The lowest BCUT2D eigenvalue weighted by atomic mass is 10.1. The molecule has 0 aromatic rings. The second kappa shape index (κ2) is 43.8. The van der Waals surface area contributed by atoms with Gasteiger partial charge < -0.3 is 27.9 Å². The number of hydrogen-bond acceptors (Lipinski definition) is 7. The van der Waals surface area contributed by atoms with Gasteiger partial charge in [-0.1, -0.05) is 162 Å². The highest BCUT2D eigenvalue weighted by Gasteiger charge is 2.20. The fraction of sp³-hybridized carbons (Fsp3) is 0.635. The molecule has 0 aromatic carbocycles. The number of allylic oxidation sites excluding steroid dienone is 18. The van der Waals surface area contributed by atoms with E-state index in [0.717, 1.165) is 96.3 Å². The molecule has 348 valence electrons. The molecule has 0 radical (unpaired) electrons. The van der Waals surface area contributed by atoms with E-state index in [1.54, 1.807) is 0 Å². The number of ether oxygens (including phenoxy) is 2. The topological polar surface area (TPSA) is 94.1 Å². The molecule has 2 unspecified atom stereocenters. The maximum Gasteiger partial charge on any atom is 0.306 e. The first kappa shape index (κ1) is 58.2. The quantitative estimate of drug-likeness (QED) is 0.0198. The summed E-state index contributed by atoms with van der Waals surface area (Å²) in [4.78, 5) is 25.1. The van der Waals surface area contributed by atoms with Gasteiger partial charge in [-0.15, -0.1) is 0 Å². The number of unbranched alkanes of at least 4 members (excludes halogenated alkanes) is 10. The number of nitrogens with zero attached hydrogens (tertiary/aromatic N) is 1. The summed E-state index contributed by atoms with van der Waals surface area (Å²) >= 11 is 0. The fourth-order valence-corrected chi connectivity index (χ4v) is 6.41. The van der Waals surface area contributed by atoms with Crippen LogP contribution in [-0.4, -0.2) is 70.7 Å². The normalized spacial score (nSPS) is 14.7. The molecule has 0 bridgehead atoms. The summed E-state index contributed by atoms with van der Waals surface area (Å²) in [6.07, 6.45) is 61.2. The molecule has 0 aliphatic heterocycles. The Bertz CT molecular complexity index is 1340. The lowest BCUT2D eigenvalue weighted by Crippen LogP contribution is -2.37. The Hall–Kier alpha value is -2.84. The Balaban J connectivity index is 4.37. The highest BCUT2D eigenvalue weighted by molar-refractivity contribution is 7.45. The average molecular weight is 870 g/mol. The van der Waals surface area contributed by atoms with Crippen molar-refractivity contribution in [1.82, 2.24) is 0 Å². The zero-order chi connectivity index (χ0) is 44.8. The van der Waals surface area contributed by atoms with Gasteiger partial charge in [0.1, 0.15) is 19.3 Å². The number of carbonyl (C=O) groups excluding carboxylic acids is 1. The number of phosphoric acid groups is 1. The molecule has 0 saturated heterocycles. The molecule has 9 heteroatoms. The molecule has 61 heavy (non-hydrogen) atoms. The van der Waals surface area contributed by atoms with Crippen LogP contribution in [-0.2, 0) is 27.9 Å². The smallest absolute Gasteiger partial charge is 0.306 e. The number of carbonyl (C=O) groups is 1. The lowest BCUT2D eigenvalue weighted by Gasteiger charge is -2.28. The van der Waals surface area contributed by atoms with Gasteiger partial charge in [0.25, 0.3) is 7.82 Å². The number of phosphoric ester groups is 1. The minimum Gasteiger partial charge on any atom is -0.756 e. The molecule has 0 rings (SSSR count). The third-order valence-corrected chi connectivity index (χ3v) is 10.3. The van der Waals surface area contributed by atoms with Crippen molar-refractivity contribution in [2.45, 2.75) is 161 Å². The zero-order valence-corrected chi connectivity index (χ0v) is 40.2. The molecule has 0 saturated carbocycles. The Labute approximate surface area is 374 Å². The molecule has 0 spiro atoms. The monoisotopic (exact) mass is 870 g/mol. The molecule has 0 aliphatic rings. The first-order valence-electron chi connectivity index (χ1n) is 23.6. The Kier molecular flexibility index (Phi) is 41.8. The molecular weight excluding hydrogens is 782 g/mol. The van der Waals surface area contributed by atoms with Crippen LogP contribution in [0.4, 0.5) is 0 Å². The second-order valence-electron chi connectivity index (χ2n) is 16.4. The van der Waals surface area contributed by atoms with Crippen molar-refractivity contribution >= 4 is 13.8 Å². The predicted octanol–water partition coefficient (Wildman–Crippen LogP) is 13.8. The first-order chi connectivity index (χ1) is 29.6. The van der Waals surface area contributed by atoms with Gasteiger partial charge in [-0.3, -0.25) is 9.36 Å². The third kappa shape index (κ3) is 48.1. The van der Waals surface area contributed by atoms with E-state index in [-0.39, 0.29) is 32.2 Å². The fourth-order valence-electron chi connectivity index (χ4n) is 5.69. The molecule has 0 aliphatic carbocycles. The highest BCUT2D eigenvalue weighted by atomic mass is 31.2. The van der Waals surface area contributed by atoms with E-state index in [9.17, 15) is 14.3 Å². The summed E-state index contributed by atoms with van der Waals surface area (Å²) in [6, 6.07) is 0. The van der Waals surface area contributed by atoms with Crippen LogP contribution in [0.2, 0.25) is 0 Å². The highest BCUT2D eigenvalue weighted by Crippen LogP contribution is 2.38. The van der Waals surface area contributed by atoms with E-state index < -0.39 is 13.9 Å². The van der Waals surface area contributed by atoms with Gasteiger partial charge in [0.2, 0.25) is 0 Å². The van der Waals surface area contributed by atoms with Gasteiger partial charge in [-0.05, 0) is 96.3 Å². The van der Waals surface area contributed by atoms with Gasteiger partial charge in [-0.25, -0.2) is 0 Å². The Morgan fingerprint density at radius 2 is 0.951 bits per heavy atom. The van der Waals surface area contributed by atoms with Crippen molar-refractivity contribution < 1.29 is 37.3 Å². The summed E-state index contributed by atoms with van der Waals surface area (Å²) in [6.45, 7) is 5.06. The van der Waals surface area contributed by atoms with Crippen molar-refractivity contribution in [3.8, 4) is 0 Å². The number of quaternary nitrogens is 1. The van der Waals surface area contributed by atoms with Crippen LogP contribution in [0.3, 0.4) is 0 Å². The molecular formula is C52H88NO7P. The van der Waals surface area contributed by atoms with Crippen molar-refractivity contribution in [3.05, 3.63) is 109 Å². The van der Waals surface area contributed by atoms with E-state index in [0.29, 0.717) is 17.6 Å². The van der Waals surface area contributed by atoms with Gasteiger partial charge >= 0.3 is 5.97 Å². The molecule has 0 N–H and O–H groups in total. The summed E-state index contributed by atoms with van der Waals surface area (Å²) in [5, 5.41) is 0. The average Bonchev–Trinajstić information content (AvgIpc) is 3.22. The number of likely N-dealkylation sites (N-methyl/N-ethyl adjacent to an activating group) is 1. The standard InChI is InChI=1S/C52H88NO7P/c1-6-8-10-12-14-16-18-20-22-24-26-28-30-32-34-36-38-40-42-44-47-57-49-51(50-59-61(55,56)58-48-46-53(3,4)5)60-52(54)45-43-41-39-37-35-33-31-29-27-25-23-21-19-17-15-13-11-9-7-2/h8,10,14-17,20-23,26-29,32,34,38,40,51H,6-7,9,11-13,18-19,24-25,30-31,33,35-37,39,41-50H2,1-5H3/b10-8-,16-14-,17-15-,22-20-,23-21-,28-26-,29-27-,34-32-,40-38-. The van der Waals surface area contributed by atoms with Gasteiger partial charge in [0.05, 0.1) is 34.4 Å². The van der Waals surface area contributed by atoms with E-state index in [4.69, 9.17) is 18.5 Å². The van der Waals surface area contributed by atoms with E-state index in [2.05, 4.69) is 123 Å². The molecule has 0 fully saturated rings. The molecule has 0 heterocycles. The summed E-state index contributed by atoms with van der Waals surface area (Å²) < 4.78 is 34.6. The minimum atomic E-state index is -4.56. The second-order valence-corrected chi connectivity index (χ2v) is 17.8. The van der Waals surface area contributed by atoms with Crippen molar-refractivity contribution in [3.63, 3.8) is 0 Å². The maximum absolute atomic E-state index is 12.7. The van der Waals surface area contributed by atoms with Crippen molar-refractivity contribution in [2.24, 2.45) is 0 Å². The van der Waals surface area contributed by atoms with Crippen LogP contribution in [0.1, 0.15) is 155 Å². The number of esters is 1. The van der Waals surface area contributed by atoms with Crippen LogP contribution < -0.4 is 4.89 Å². The molecule has 8 nitrogen and oxygen atoms in total. The van der Waals surface area contributed by atoms with Gasteiger partial charge in [-0.2, -0.15) is 0 Å². The van der Waals surface area contributed by atoms with Crippen molar-refractivity contribution in [1.29, 1.82) is 0 Å². The Morgan fingerprint density at radius 1 is 0.525 bits per heavy atom. The van der Waals surface area contributed by atoms with E-state index >= 15 is 0 Å². The largest absolute Gasteiger partial charge is 0.756 e. The third-order valence-electron chi connectivity index (χ3n) is 9.31. The van der Waals surface area contributed by atoms with E-state index in [1.807, 2.05) is 21.1 Å². The molecule has 2 atom stereocenters. The lowest BCUT2D eigenvalue weighted by molar-refractivity contribution is -0.870. The van der Waals surface area contributed by atoms with Crippen LogP contribution in [0.15, 0.2) is 109 Å². The zero-order valence-electron chi connectivity index (χ0n) is 39.3. The first-order valence-corrected chi connectivity index (χ1v) is 25.1. The maximum atomic E-state index is 12.7. The predicted molar refractivity (Wildman–Crippen MR) is 258 cm³/mol. The van der Waals surface area contributed by atoms with Gasteiger partial charge in [0, 0.05) is 13.0 Å². The summed E-state index contributed by atoms with van der Waals surface area (Å²) in [5.74, 6) is -0.371. The summed E-state index contributed by atoms with van der Waals surface area (Å²) in [5.41, 5.74) is 0. The van der Waals surface area contributed by atoms with Crippen LogP contribution in [0.5, 0.6) is 0 Å². The number of hydrogen-bond donors (Lipinski definition) is 0. The van der Waals surface area contributed by atoms with Gasteiger partial charge in [0.15, 0.2) is 0 Å². The SMILES string of the molecule is CC/C=C\C/C=C\C/C=C\C/C=C\C/C=C\C/C=C\CCCOCC(COP(=O)([O-])OCC[N+](C)(C)C)OC(=O)CCCCCCCC/C=C\C/C=C\C/C=C\CCCCC. The Morgan fingerprint density at radius 3 is 1.43 bits per heavy atom. The van der Waals surface area contributed by atoms with Crippen LogP contribution in [0, 0.1) is 0 Å². The molecule has 0 amide bonds. The number of rotatable bonds is 42. The van der Waals surface area contributed by atoms with Crippen LogP contribution in [0.25, 0.3) is 0 Å². The van der Waals surface area contributed by atoms with Crippen molar-refractivity contribution in [2.75, 3.05) is 54.1 Å². The minimum absolute atomic E-state index is 0.00566. The molecule has 0 aromatic heterocycles.